The van der Waals surface area contributed by atoms with Crippen molar-refractivity contribution in [2.24, 2.45) is 0 Å². The summed E-state index contributed by atoms with van der Waals surface area (Å²) in [4.78, 5) is 35.6. The number of likely N-dealkylation sites (tertiary alicyclic amines) is 1. The molecule has 0 radical (unpaired) electrons. The SMILES string of the molecule is O=C(CN1CCN(C(=O)c2cc(Cl)cc3cccnc23)CC1)N1CCCC1. The lowest BCUT2D eigenvalue weighted by atomic mass is 10.1. The van der Waals surface area contributed by atoms with Crippen LogP contribution in [-0.4, -0.2) is 77.3 Å². The van der Waals surface area contributed by atoms with Crippen LogP contribution in [0.1, 0.15) is 23.2 Å². The third-order valence-electron chi connectivity index (χ3n) is 5.38. The zero-order chi connectivity index (χ0) is 18.8. The van der Waals surface area contributed by atoms with Gasteiger partial charge in [0.1, 0.15) is 0 Å². The molecule has 0 saturated carbocycles. The smallest absolute Gasteiger partial charge is 0.256 e. The average Bonchev–Trinajstić information content (AvgIpc) is 3.22. The zero-order valence-corrected chi connectivity index (χ0v) is 16.0. The van der Waals surface area contributed by atoms with E-state index in [2.05, 4.69) is 9.88 Å². The van der Waals surface area contributed by atoms with Crippen molar-refractivity contribution in [1.82, 2.24) is 19.7 Å². The number of carbonyl (C=O) groups excluding carboxylic acids is 2. The van der Waals surface area contributed by atoms with E-state index in [1.54, 1.807) is 12.3 Å². The molecule has 7 heteroatoms. The number of carbonyl (C=O) groups is 2. The highest BCUT2D eigenvalue weighted by atomic mass is 35.5. The first-order valence-corrected chi connectivity index (χ1v) is 9.83. The lowest BCUT2D eigenvalue weighted by Crippen LogP contribution is -2.51. The molecule has 0 bridgehead atoms. The van der Waals surface area contributed by atoms with E-state index in [0.29, 0.717) is 48.8 Å². The van der Waals surface area contributed by atoms with Gasteiger partial charge in [0.25, 0.3) is 5.91 Å². The van der Waals surface area contributed by atoms with Gasteiger partial charge in [-0.05, 0) is 31.0 Å². The molecule has 0 atom stereocenters. The van der Waals surface area contributed by atoms with Gasteiger partial charge >= 0.3 is 0 Å². The minimum absolute atomic E-state index is 0.0493. The van der Waals surface area contributed by atoms with Gasteiger partial charge in [-0.25, -0.2) is 0 Å². The van der Waals surface area contributed by atoms with Gasteiger partial charge in [0, 0.05) is 55.9 Å². The van der Waals surface area contributed by atoms with Crippen molar-refractivity contribution in [2.45, 2.75) is 12.8 Å². The van der Waals surface area contributed by atoms with E-state index < -0.39 is 0 Å². The minimum atomic E-state index is -0.0493. The first-order chi connectivity index (χ1) is 13.1. The van der Waals surface area contributed by atoms with E-state index in [4.69, 9.17) is 11.6 Å². The summed E-state index contributed by atoms with van der Waals surface area (Å²) in [5.41, 5.74) is 1.22. The molecule has 0 unspecified atom stereocenters. The van der Waals surface area contributed by atoms with Crippen LogP contribution >= 0.6 is 11.6 Å². The number of amides is 2. The third kappa shape index (κ3) is 3.92. The summed E-state index contributed by atoms with van der Waals surface area (Å²) >= 11 is 6.20. The van der Waals surface area contributed by atoms with E-state index in [-0.39, 0.29) is 11.8 Å². The molecular weight excluding hydrogens is 364 g/mol. The highest BCUT2D eigenvalue weighted by Gasteiger charge is 2.26. The Bertz CT molecular complexity index is 858. The number of benzene rings is 1. The average molecular weight is 387 g/mol. The van der Waals surface area contributed by atoms with Gasteiger partial charge < -0.3 is 9.80 Å². The maximum Gasteiger partial charge on any atom is 0.256 e. The number of hydrogen-bond acceptors (Lipinski definition) is 4. The van der Waals surface area contributed by atoms with Crippen LogP contribution in [0, 0.1) is 0 Å². The van der Waals surface area contributed by atoms with Gasteiger partial charge in [-0.3, -0.25) is 19.5 Å². The van der Waals surface area contributed by atoms with Gasteiger partial charge in [-0.15, -0.1) is 0 Å². The van der Waals surface area contributed by atoms with Crippen molar-refractivity contribution in [2.75, 3.05) is 45.8 Å². The van der Waals surface area contributed by atoms with Crippen molar-refractivity contribution in [3.63, 3.8) is 0 Å². The molecule has 142 valence electrons. The Labute approximate surface area is 163 Å². The number of pyridine rings is 1. The number of nitrogens with zero attached hydrogens (tertiary/aromatic N) is 4. The Morgan fingerprint density at radius 2 is 1.74 bits per heavy atom. The fourth-order valence-corrected chi connectivity index (χ4v) is 4.08. The Hall–Kier alpha value is -2.18. The Kier molecular flexibility index (Phi) is 5.27. The van der Waals surface area contributed by atoms with E-state index in [0.717, 1.165) is 31.3 Å². The molecule has 1 aromatic carbocycles. The second-order valence-electron chi connectivity index (χ2n) is 7.18. The summed E-state index contributed by atoms with van der Waals surface area (Å²) in [5.74, 6) is 0.157. The predicted octanol–water partition coefficient (Wildman–Crippen LogP) is 2.27. The Balaban J connectivity index is 1.41. The second-order valence-corrected chi connectivity index (χ2v) is 7.62. The molecule has 4 rings (SSSR count). The maximum absolute atomic E-state index is 13.0. The van der Waals surface area contributed by atoms with E-state index in [9.17, 15) is 9.59 Å². The number of aromatic nitrogens is 1. The Morgan fingerprint density at radius 3 is 2.48 bits per heavy atom. The van der Waals surface area contributed by atoms with Crippen molar-refractivity contribution >= 4 is 34.3 Å². The fourth-order valence-electron chi connectivity index (χ4n) is 3.86. The van der Waals surface area contributed by atoms with Gasteiger partial charge in [-0.2, -0.15) is 0 Å². The molecule has 2 fully saturated rings. The number of fused-ring (bicyclic) bond motifs is 1. The number of hydrogen-bond donors (Lipinski definition) is 0. The first-order valence-electron chi connectivity index (χ1n) is 9.45. The molecule has 0 aliphatic carbocycles. The lowest BCUT2D eigenvalue weighted by Gasteiger charge is -2.35. The molecule has 2 amide bonds. The first kappa shape index (κ1) is 18.2. The largest absolute Gasteiger partial charge is 0.342 e. The summed E-state index contributed by atoms with van der Waals surface area (Å²) in [6.07, 6.45) is 3.90. The molecule has 0 N–H and O–H groups in total. The van der Waals surface area contributed by atoms with Crippen LogP contribution in [0.4, 0.5) is 0 Å². The van der Waals surface area contributed by atoms with E-state index in [1.807, 2.05) is 28.0 Å². The van der Waals surface area contributed by atoms with E-state index in [1.165, 1.54) is 0 Å². The summed E-state index contributed by atoms with van der Waals surface area (Å²) < 4.78 is 0. The molecular formula is C20H23ClN4O2. The van der Waals surface area contributed by atoms with E-state index >= 15 is 0 Å². The number of piperazine rings is 1. The molecule has 2 aromatic rings. The lowest BCUT2D eigenvalue weighted by molar-refractivity contribution is -0.131. The van der Waals surface area contributed by atoms with Gasteiger partial charge in [-0.1, -0.05) is 17.7 Å². The molecule has 2 saturated heterocycles. The second kappa shape index (κ2) is 7.82. The summed E-state index contributed by atoms with van der Waals surface area (Å²) in [7, 11) is 0. The third-order valence-corrected chi connectivity index (χ3v) is 5.60. The standard InChI is InChI=1S/C20H23ClN4O2/c21-16-12-15-4-3-5-22-19(15)17(13-16)20(27)25-10-8-23(9-11-25)14-18(26)24-6-1-2-7-24/h3-5,12-13H,1-2,6-11,14H2. The molecule has 2 aliphatic heterocycles. The van der Waals surface area contributed by atoms with Crippen LogP contribution in [-0.2, 0) is 4.79 Å². The van der Waals surface area contributed by atoms with Crippen molar-refractivity contribution in [3.05, 3.63) is 41.0 Å². The van der Waals surface area contributed by atoms with Crippen LogP contribution in [0.3, 0.4) is 0 Å². The molecule has 0 spiro atoms. The maximum atomic E-state index is 13.0. The topological polar surface area (TPSA) is 56.8 Å². The Morgan fingerprint density at radius 1 is 1.00 bits per heavy atom. The minimum Gasteiger partial charge on any atom is -0.342 e. The normalized spacial score (nSPS) is 18.3. The van der Waals surface area contributed by atoms with Crippen LogP contribution in [0.15, 0.2) is 30.5 Å². The monoisotopic (exact) mass is 386 g/mol. The molecule has 3 heterocycles. The zero-order valence-electron chi connectivity index (χ0n) is 15.2. The summed E-state index contributed by atoms with van der Waals surface area (Å²) in [6, 6.07) is 7.26. The fraction of sp³-hybridized carbons (Fsp3) is 0.450. The van der Waals surface area contributed by atoms with Gasteiger partial charge in [0.05, 0.1) is 17.6 Å². The molecule has 2 aliphatic rings. The molecule has 27 heavy (non-hydrogen) atoms. The summed E-state index contributed by atoms with van der Waals surface area (Å²) in [6.45, 7) is 4.83. The van der Waals surface area contributed by atoms with Crippen LogP contribution in [0.25, 0.3) is 10.9 Å². The quantitative estimate of drug-likeness (QED) is 0.812. The van der Waals surface area contributed by atoms with Crippen LogP contribution < -0.4 is 0 Å². The highest BCUT2D eigenvalue weighted by Crippen LogP contribution is 2.24. The molecule has 6 nitrogen and oxygen atoms in total. The van der Waals surface area contributed by atoms with Crippen molar-refractivity contribution in [1.29, 1.82) is 0 Å². The number of halogens is 1. The highest BCUT2D eigenvalue weighted by molar-refractivity contribution is 6.32. The molecule has 1 aromatic heterocycles. The van der Waals surface area contributed by atoms with Crippen LogP contribution in [0.2, 0.25) is 5.02 Å². The van der Waals surface area contributed by atoms with Crippen molar-refractivity contribution < 1.29 is 9.59 Å². The van der Waals surface area contributed by atoms with Gasteiger partial charge in [0.15, 0.2) is 0 Å². The predicted molar refractivity (Wildman–Crippen MR) is 105 cm³/mol. The van der Waals surface area contributed by atoms with Crippen LogP contribution in [0.5, 0.6) is 0 Å². The van der Waals surface area contributed by atoms with Gasteiger partial charge in [0.2, 0.25) is 5.91 Å². The van der Waals surface area contributed by atoms with Crippen molar-refractivity contribution in [3.8, 4) is 0 Å². The summed E-state index contributed by atoms with van der Waals surface area (Å²) in [5, 5.41) is 1.40. The number of rotatable bonds is 3.